The second-order valence-electron chi connectivity index (χ2n) is 6.00. The first-order valence-corrected chi connectivity index (χ1v) is 7.83. The Morgan fingerprint density at radius 1 is 1.36 bits per heavy atom. The molecule has 5 nitrogen and oxygen atoms in total. The quantitative estimate of drug-likeness (QED) is 0.813. The molecule has 4 rings (SSSR count). The molecule has 2 aliphatic rings. The van der Waals surface area contributed by atoms with Crippen LogP contribution in [-0.2, 0) is 6.42 Å². The Balaban J connectivity index is 1.61. The van der Waals surface area contributed by atoms with Gasteiger partial charge >= 0.3 is 0 Å². The summed E-state index contributed by atoms with van der Waals surface area (Å²) >= 11 is 6.07. The zero-order valence-electron chi connectivity index (χ0n) is 11.8. The van der Waals surface area contributed by atoms with E-state index < -0.39 is 12.1 Å². The minimum Gasteiger partial charge on any atom is -0.390 e. The maximum absolute atomic E-state index is 12.6. The molecule has 1 saturated carbocycles. The predicted molar refractivity (Wildman–Crippen MR) is 81.9 cm³/mol. The molecule has 114 valence electrons. The minimum absolute atomic E-state index is 0.195. The lowest BCUT2D eigenvalue weighted by atomic mass is 10.1. The number of carbonyl (C=O) groups is 1. The lowest BCUT2D eigenvalue weighted by Crippen LogP contribution is -2.34. The fraction of sp³-hybridized carbons (Fsp3) is 0.375. The molecule has 1 aromatic heterocycles. The van der Waals surface area contributed by atoms with Crippen LogP contribution in [0.4, 0.5) is 0 Å². The number of hydrogen-bond donors (Lipinski definition) is 3. The summed E-state index contributed by atoms with van der Waals surface area (Å²) in [7, 11) is 0. The Morgan fingerprint density at radius 2 is 2.14 bits per heavy atom. The highest BCUT2D eigenvalue weighted by Crippen LogP contribution is 2.42. The standard InChI is InChI=1S/C16H16ClN3O2/c17-15-12(13(19-20-15)8-5-6-8)16(22)18-14-10-4-2-1-3-9(10)7-11(14)21/h1-4,8,11,14,21H,5-7H2,(H,18,22)(H,19,20)/t11-,14+/m0/s1. The van der Waals surface area contributed by atoms with Crippen molar-refractivity contribution in [1.82, 2.24) is 15.5 Å². The molecule has 0 aliphatic heterocycles. The van der Waals surface area contributed by atoms with Gasteiger partial charge in [-0.2, -0.15) is 5.10 Å². The first kappa shape index (κ1) is 13.8. The third-order valence-electron chi connectivity index (χ3n) is 4.45. The molecule has 6 heteroatoms. The molecule has 0 radical (unpaired) electrons. The van der Waals surface area contributed by atoms with Crippen molar-refractivity contribution in [3.05, 3.63) is 51.8 Å². The number of aliphatic hydroxyl groups is 1. The van der Waals surface area contributed by atoms with Crippen LogP contribution in [0.1, 0.15) is 52.0 Å². The van der Waals surface area contributed by atoms with E-state index in [4.69, 9.17) is 11.6 Å². The summed E-state index contributed by atoms with van der Waals surface area (Å²) < 4.78 is 0. The first-order valence-electron chi connectivity index (χ1n) is 7.45. The zero-order chi connectivity index (χ0) is 15.3. The van der Waals surface area contributed by atoms with Gasteiger partial charge in [0, 0.05) is 12.3 Å². The first-order chi connectivity index (χ1) is 10.6. The summed E-state index contributed by atoms with van der Waals surface area (Å²) in [4.78, 5) is 12.6. The highest BCUT2D eigenvalue weighted by Gasteiger charge is 2.36. The Kier molecular flexibility index (Phi) is 3.20. The van der Waals surface area contributed by atoms with Crippen molar-refractivity contribution in [3.8, 4) is 0 Å². The average molecular weight is 318 g/mol. The molecule has 2 aromatic rings. The summed E-state index contributed by atoms with van der Waals surface area (Å²) in [5.74, 6) is 0.0722. The van der Waals surface area contributed by atoms with Crippen molar-refractivity contribution in [2.45, 2.75) is 37.3 Å². The van der Waals surface area contributed by atoms with Crippen LogP contribution in [-0.4, -0.2) is 27.3 Å². The Hall–Kier alpha value is -1.85. The summed E-state index contributed by atoms with van der Waals surface area (Å²) in [6.07, 6.45) is 2.04. The van der Waals surface area contributed by atoms with Crippen LogP contribution >= 0.6 is 11.6 Å². The van der Waals surface area contributed by atoms with Gasteiger partial charge in [0.1, 0.15) is 0 Å². The highest BCUT2D eigenvalue weighted by molar-refractivity contribution is 6.32. The van der Waals surface area contributed by atoms with Crippen LogP contribution in [0.25, 0.3) is 0 Å². The number of carbonyl (C=O) groups excluding carboxylic acids is 1. The van der Waals surface area contributed by atoms with Gasteiger partial charge in [0.25, 0.3) is 5.91 Å². The number of aliphatic hydroxyl groups excluding tert-OH is 1. The lowest BCUT2D eigenvalue weighted by Gasteiger charge is -2.18. The smallest absolute Gasteiger partial charge is 0.256 e. The molecule has 22 heavy (non-hydrogen) atoms. The Morgan fingerprint density at radius 3 is 2.91 bits per heavy atom. The SMILES string of the molecule is O=C(N[C@@H]1c2ccccc2C[C@@H]1O)c1c(Cl)n[nH]c1C1CC1. The normalized spacial score (nSPS) is 23.4. The molecule has 1 amide bonds. The minimum atomic E-state index is -0.614. The third kappa shape index (κ3) is 2.21. The van der Waals surface area contributed by atoms with Crippen LogP contribution in [0.15, 0.2) is 24.3 Å². The summed E-state index contributed by atoms with van der Waals surface area (Å²) in [5, 5.41) is 20.2. The van der Waals surface area contributed by atoms with E-state index in [0.717, 1.165) is 29.7 Å². The van der Waals surface area contributed by atoms with E-state index in [-0.39, 0.29) is 11.1 Å². The number of fused-ring (bicyclic) bond motifs is 1. The van der Waals surface area contributed by atoms with E-state index in [1.165, 1.54) is 0 Å². The molecule has 1 fully saturated rings. The fourth-order valence-electron chi connectivity index (χ4n) is 3.18. The number of rotatable bonds is 3. The van der Waals surface area contributed by atoms with Gasteiger partial charge in [-0.3, -0.25) is 9.89 Å². The number of amides is 1. The number of benzene rings is 1. The number of halogens is 1. The van der Waals surface area contributed by atoms with Gasteiger partial charge in [0.2, 0.25) is 0 Å². The molecule has 0 saturated heterocycles. The largest absolute Gasteiger partial charge is 0.390 e. The maximum atomic E-state index is 12.6. The molecular weight excluding hydrogens is 302 g/mol. The van der Waals surface area contributed by atoms with E-state index in [2.05, 4.69) is 15.5 Å². The number of hydrogen-bond acceptors (Lipinski definition) is 3. The van der Waals surface area contributed by atoms with Crippen LogP contribution in [0.5, 0.6) is 0 Å². The summed E-state index contributed by atoms with van der Waals surface area (Å²) in [5.41, 5.74) is 3.26. The van der Waals surface area contributed by atoms with Gasteiger partial charge in [-0.25, -0.2) is 0 Å². The van der Waals surface area contributed by atoms with E-state index in [1.54, 1.807) is 0 Å². The van der Waals surface area contributed by atoms with Crippen molar-refractivity contribution >= 4 is 17.5 Å². The van der Waals surface area contributed by atoms with Gasteiger partial charge in [-0.1, -0.05) is 35.9 Å². The average Bonchev–Trinajstić information content (AvgIpc) is 3.21. The van der Waals surface area contributed by atoms with Crippen molar-refractivity contribution in [2.75, 3.05) is 0 Å². The van der Waals surface area contributed by atoms with Crippen molar-refractivity contribution in [1.29, 1.82) is 0 Å². The van der Waals surface area contributed by atoms with Crippen molar-refractivity contribution in [2.24, 2.45) is 0 Å². The molecule has 0 spiro atoms. The second-order valence-corrected chi connectivity index (χ2v) is 6.36. The molecule has 2 aliphatic carbocycles. The van der Waals surface area contributed by atoms with Gasteiger partial charge in [-0.15, -0.1) is 0 Å². The molecule has 1 aromatic carbocycles. The van der Waals surface area contributed by atoms with Crippen molar-refractivity contribution in [3.63, 3.8) is 0 Å². The van der Waals surface area contributed by atoms with Crippen LogP contribution in [0.2, 0.25) is 5.15 Å². The molecule has 2 atom stereocenters. The van der Waals surface area contributed by atoms with Crippen LogP contribution < -0.4 is 5.32 Å². The van der Waals surface area contributed by atoms with Gasteiger partial charge in [0.15, 0.2) is 5.15 Å². The fourth-order valence-corrected chi connectivity index (χ4v) is 3.41. The third-order valence-corrected chi connectivity index (χ3v) is 4.73. The maximum Gasteiger partial charge on any atom is 0.256 e. The van der Waals surface area contributed by atoms with Crippen LogP contribution in [0, 0.1) is 0 Å². The number of aromatic amines is 1. The monoisotopic (exact) mass is 317 g/mol. The molecule has 0 bridgehead atoms. The zero-order valence-corrected chi connectivity index (χ0v) is 12.6. The van der Waals surface area contributed by atoms with E-state index in [1.807, 2.05) is 24.3 Å². The second kappa shape index (κ2) is 5.11. The number of nitrogens with one attached hydrogen (secondary N) is 2. The van der Waals surface area contributed by atoms with Gasteiger partial charge in [-0.05, 0) is 24.0 Å². The van der Waals surface area contributed by atoms with Gasteiger partial charge in [0.05, 0.1) is 23.4 Å². The molecule has 1 heterocycles. The highest BCUT2D eigenvalue weighted by atomic mass is 35.5. The van der Waals surface area contributed by atoms with Crippen molar-refractivity contribution < 1.29 is 9.90 Å². The summed E-state index contributed by atoms with van der Waals surface area (Å²) in [6, 6.07) is 7.37. The number of nitrogens with zero attached hydrogens (tertiary/aromatic N) is 1. The topological polar surface area (TPSA) is 78.0 Å². The molecule has 0 unspecified atom stereocenters. The van der Waals surface area contributed by atoms with Crippen LogP contribution in [0.3, 0.4) is 0 Å². The molecular formula is C16H16ClN3O2. The van der Waals surface area contributed by atoms with E-state index >= 15 is 0 Å². The number of aromatic nitrogens is 2. The number of H-pyrrole nitrogens is 1. The van der Waals surface area contributed by atoms with Gasteiger partial charge < -0.3 is 10.4 Å². The lowest BCUT2D eigenvalue weighted by molar-refractivity contribution is 0.0857. The van der Waals surface area contributed by atoms with E-state index in [0.29, 0.717) is 17.9 Å². The summed E-state index contributed by atoms with van der Waals surface area (Å²) in [6.45, 7) is 0. The van der Waals surface area contributed by atoms with E-state index in [9.17, 15) is 9.90 Å². The predicted octanol–water partition coefficient (Wildman–Crippen LogP) is 2.33. The molecule has 3 N–H and O–H groups in total. The Labute approximate surface area is 132 Å². The Bertz CT molecular complexity index is 739.